The number of amides is 1. The van der Waals surface area contributed by atoms with E-state index in [1.807, 2.05) is 0 Å². The number of hydrogen-bond donors (Lipinski definition) is 1. The summed E-state index contributed by atoms with van der Waals surface area (Å²) in [5, 5.41) is 2.97. The van der Waals surface area contributed by atoms with E-state index in [-0.39, 0.29) is 5.91 Å². The number of hydrogen-bond acceptors (Lipinski definition) is 5. The molecule has 0 atom stereocenters. The minimum absolute atomic E-state index is 0.129. The predicted octanol–water partition coefficient (Wildman–Crippen LogP) is 2.34. The van der Waals surface area contributed by atoms with Crippen molar-refractivity contribution in [3.8, 4) is 5.88 Å². The van der Waals surface area contributed by atoms with Crippen molar-refractivity contribution in [3.05, 3.63) is 58.8 Å². The molecule has 1 aromatic carbocycles. The van der Waals surface area contributed by atoms with Crippen LogP contribution in [0.2, 0.25) is 0 Å². The monoisotopic (exact) mass is 369 g/mol. The highest BCUT2D eigenvalue weighted by atomic mass is 16.5. The van der Waals surface area contributed by atoms with Crippen LogP contribution in [-0.2, 0) is 11.3 Å². The third-order valence-corrected chi connectivity index (χ3v) is 4.70. The van der Waals surface area contributed by atoms with E-state index in [4.69, 9.17) is 9.47 Å². The Hall–Kier alpha value is -2.44. The molecule has 144 valence electrons. The average Bonchev–Trinajstić information content (AvgIpc) is 2.68. The lowest BCUT2D eigenvalue weighted by molar-refractivity contribution is 0.0320. The summed E-state index contributed by atoms with van der Waals surface area (Å²) >= 11 is 0. The zero-order chi connectivity index (χ0) is 19.1. The van der Waals surface area contributed by atoms with Gasteiger partial charge in [-0.1, -0.05) is 23.8 Å². The van der Waals surface area contributed by atoms with Crippen molar-refractivity contribution in [2.45, 2.75) is 20.4 Å². The van der Waals surface area contributed by atoms with Crippen molar-refractivity contribution in [2.75, 3.05) is 39.5 Å². The van der Waals surface area contributed by atoms with Gasteiger partial charge >= 0.3 is 0 Å². The molecule has 0 spiro atoms. The average molecular weight is 369 g/mol. The topological polar surface area (TPSA) is 63.7 Å². The number of pyridine rings is 1. The van der Waals surface area contributed by atoms with E-state index in [0.717, 1.165) is 38.4 Å². The van der Waals surface area contributed by atoms with Gasteiger partial charge in [-0.15, -0.1) is 0 Å². The van der Waals surface area contributed by atoms with Crippen LogP contribution in [0.3, 0.4) is 0 Å². The quantitative estimate of drug-likeness (QED) is 0.812. The lowest BCUT2D eigenvalue weighted by Crippen LogP contribution is -2.38. The SMILES string of the molecule is Cc1ccc(CNC(=O)c2ccnc(OCCN3CCOCC3)c2)c(C)c1. The molecular weight excluding hydrogens is 342 g/mol. The van der Waals surface area contributed by atoms with Crippen molar-refractivity contribution < 1.29 is 14.3 Å². The molecule has 1 saturated heterocycles. The van der Waals surface area contributed by atoms with Gasteiger partial charge in [-0.2, -0.15) is 0 Å². The van der Waals surface area contributed by atoms with Gasteiger partial charge in [0.25, 0.3) is 5.91 Å². The summed E-state index contributed by atoms with van der Waals surface area (Å²) in [7, 11) is 0. The smallest absolute Gasteiger partial charge is 0.251 e. The Morgan fingerprint density at radius 3 is 2.81 bits per heavy atom. The maximum atomic E-state index is 12.5. The first kappa shape index (κ1) is 19.3. The lowest BCUT2D eigenvalue weighted by atomic mass is 10.1. The molecule has 1 fully saturated rings. The molecule has 0 saturated carbocycles. The number of nitrogens with zero attached hydrogens (tertiary/aromatic N) is 2. The van der Waals surface area contributed by atoms with Crippen LogP contribution in [0, 0.1) is 13.8 Å². The summed E-state index contributed by atoms with van der Waals surface area (Å²) in [4.78, 5) is 18.9. The third-order valence-electron chi connectivity index (χ3n) is 4.70. The second-order valence-corrected chi connectivity index (χ2v) is 6.80. The van der Waals surface area contributed by atoms with E-state index in [2.05, 4.69) is 47.2 Å². The van der Waals surface area contributed by atoms with Gasteiger partial charge in [0.15, 0.2) is 0 Å². The third kappa shape index (κ3) is 5.77. The molecule has 0 aliphatic carbocycles. The van der Waals surface area contributed by atoms with Gasteiger partial charge in [-0.3, -0.25) is 9.69 Å². The molecule has 6 heteroatoms. The number of carbonyl (C=O) groups excluding carboxylic acids is 1. The van der Waals surface area contributed by atoms with Gasteiger partial charge in [0.1, 0.15) is 6.61 Å². The lowest BCUT2D eigenvalue weighted by Gasteiger charge is -2.26. The van der Waals surface area contributed by atoms with Crippen LogP contribution < -0.4 is 10.1 Å². The summed E-state index contributed by atoms with van der Waals surface area (Å²) in [5.41, 5.74) is 4.06. The van der Waals surface area contributed by atoms with E-state index in [9.17, 15) is 4.79 Å². The van der Waals surface area contributed by atoms with Crippen molar-refractivity contribution in [3.63, 3.8) is 0 Å². The summed E-state index contributed by atoms with van der Waals surface area (Å²) in [6.07, 6.45) is 1.61. The van der Waals surface area contributed by atoms with E-state index in [0.29, 0.717) is 24.6 Å². The fourth-order valence-electron chi connectivity index (χ4n) is 3.06. The van der Waals surface area contributed by atoms with E-state index in [1.54, 1.807) is 18.3 Å². The Kier molecular flexibility index (Phi) is 6.79. The maximum absolute atomic E-state index is 12.5. The largest absolute Gasteiger partial charge is 0.476 e. The Morgan fingerprint density at radius 1 is 1.22 bits per heavy atom. The van der Waals surface area contributed by atoms with E-state index < -0.39 is 0 Å². The molecule has 2 aromatic rings. The molecule has 6 nitrogen and oxygen atoms in total. The molecule has 1 aromatic heterocycles. The Balaban J connectivity index is 1.50. The first-order valence-corrected chi connectivity index (χ1v) is 9.35. The first-order chi connectivity index (χ1) is 13.1. The molecule has 3 rings (SSSR count). The minimum atomic E-state index is -0.129. The van der Waals surface area contributed by atoms with Gasteiger partial charge in [0.2, 0.25) is 5.88 Å². The van der Waals surface area contributed by atoms with Crippen LogP contribution in [0.1, 0.15) is 27.0 Å². The number of rotatable bonds is 7. The van der Waals surface area contributed by atoms with Gasteiger partial charge in [-0.25, -0.2) is 4.98 Å². The van der Waals surface area contributed by atoms with Crippen LogP contribution in [-0.4, -0.2) is 55.2 Å². The van der Waals surface area contributed by atoms with Crippen LogP contribution in [0.15, 0.2) is 36.5 Å². The Morgan fingerprint density at radius 2 is 2.04 bits per heavy atom. The number of aryl methyl sites for hydroxylation is 2. The molecule has 0 radical (unpaired) electrons. The molecule has 2 heterocycles. The van der Waals surface area contributed by atoms with Gasteiger partial charge < -0.3 is 14.8 Å². The highest BCUT2D eigenvalue weighted by Gasteiger charge is 2.11. The molecule has 1 aliphatic heterocycles. The highest BCUT2D eigenvalue weighted by Crippen LogP contribution is 2.12. The molecule has 1 N–H and O–H groups in total. The summed E-state index contributed by atoms with van der Waals surface area (Å²) < 4.78 is 11.1. The summed E-state index contributed by atoms with van der Waals surface area (Å²) in [5.74, 6) is 0.345. The van der Waals surface area contributed by atoms with E-state index >= 15 is 0 Å². The normalized spacial score (nSPS) is 14.7. The number of ether oxygens (including phenoxy) is 2. The first-order valence-electron chi connectivity index (χ1n) is 9.35. The van der Waals surface area contributed by atoms with E-state index in [1.165, 1.54) is 11.1 Å². The highest BCUT2D eigenvalue weighted by molar-refractivity contribution is 5.94. The molecule has 1 amide bonds. The van der Waals surface area contributed by atoms with Crippen LogP contribution >= 0.6 is 0 Å². The van der Waals surface area contributed by atoms with Gasteiger partial charge in [-0.05, 0) is 31.0 Å². The maximum Gasteiger partial charge on any atom is 0.251 e. The number of benzene rings is 1. The number of carbonyl (C=O) groups is 1. The molecule has 27 heavy (non-hydrogen) atoms. The Bertz CT molecular complexity index is 773. The zero-order valence-corrected chi connectivity index (χ0v) is 16.0. The van der Waals surface area contributed by atoms with Crippen LogP contribution in [0.25, 0.3) is 0 Å². The summed E-state index contributed by atoms with van der Waals surface area (Å²) in [6.45, 7) is 9.39. The summed E-state index contributed by atoms with van der Waals surface area (Å²) in [6, 6.07) is 9.62. The second-order valence-electron chi connectivity index (χ2n) is 6.80. The number of aromatic nitrogens is 1. The van der Waals surface area contributed by atoms with Crippen LogP contribution in [0.4, 0.5) is 0 Å². The van der Waals surface area contributed by atoms with Crippen molar-refractivity contribution in [2.24, 2.45) is 0 Å². The number of nitrogens with one attached hydrogen (secondary N) is 1. The molecule has 1 aliphatic rings. The van der Waals surface area contributed by atoms with Crippen molar-refractivity contribution in [1.82, 2.24) is 15.2 Å². The van der Waals surface area contributed by atoms with Crippen molar-refractivity contribution >= 4 is 5.91 Å². The molecule has 0 bridgehead atoms. The van der Waals surface area contributed by atoms with Crippen LogP contribution in [0.5, 0.6) is 5.88 Å². The number of morpholine rings is 1. The fraction of sp³-hybridized carbons (Fsp3) is 0.429. The van der Waals surface area contributed by atoms with Crippen molar-refractivity contribution in [1.29, 1.82) is 0 Å². The molecule has 0 unspecified atom stereocenters. The zero-order valence-electron chi connectivity index (χ0n) is 16.0. The van der Waals surface area contributed by atoms with Gasteiger partial charge in [0, 0.05) is 44.0 Å². The molecular formula is C21H27N3O3. The fourth-order valence-corrected chi connectivity index (χ4v) is 3.06. The second kappa shape index (κ2) is 9.48. The van der Waals surface area contributed by atoms with Gasteiger partial charge in [0.05, 0.1) is 13.2 Å². The standard InChI is InChI=1S/C21H27N3O3/c1-16-3-4-19(17(2)13-16)15-23-21(25)18-5-6-22-20(14-18)27-12-9-24-7-10-26-11-8-24/h3-6,13-14H,7-12,15H2,1-2H3,(H,23,25). The Labute approximate surface area is 160 Å². The minimum Gasteiger partial charge on any atom is -0.476 e. The predicted molar refractivity (Wildman–Crippen MR) is 104 cm³/mol.